The number of ether oxygens (including phenoxy) is 2. The van der Waals surface area contributed by atoms with Crippen molar-refractivity contribution in [1.82, 2.24) is 4.57 Å². The van der Waals surface area contributed by atoms with Crippen LogP contribution < -0.4 is 9.47 Å². The Hall–Kier alpha value is -3.72. The molecule has 0 aliphatic rings. The molecule has 0 saturated carbocycles. The van der Waals surface area contributed by atoms with E-state index in [1.54, 1.807) is 14.2 Å². The van der Waals surface area contributed by atoms with Crippen LogP contribution in [0.1, 0.15) is 52.7 Å². The van der Waals surface area contributed by atoms with Gasteiger partial charge in [-0.25, -0.2) is 0 Å². The fraction of sp³-hybridized carbons (Fsp3) is 0.294. The van der Waals surface area contributed by atoms with E-state index in [1.807, 2.05) is 0 Å². The number of fused-ring (bicyclic) bond motifs is 3. The summed E-state index contributed by atoms with van der Waals surface area (Å²) in [5.41, 5.74) is 8.17. The molecule has 37 heavy (non-hydrogen) atoms. The Kier molecular flexibility index (Phi) is 6.06. The highest BCUT2D eigenvalue weighted by molar-refractivity contribution is 6.16. The molecular weight excluding hydrogens is 454 g/mol. The van der Waals surface area contributed by atoms with Gasteiger partial charge < -0.3 is 14.0 Å². The van der Waals surface area contributed by atoms with Gasteiger partial charge in [0.15, 0.2) is 11.5 Å². The maximum Gasteiger partial charge on any atom is 0.170 e. The molecule has 0 aliphatic heterocycles. The molecule has 1 heterocycles. The smallest absolute Gasteiger partial charge is 0.170 e. The SMILES string of the molecule is COc1cc2c3ccccc3n(-c3ccccc3C(C)(C)C)c2c(-c2ccccc2C(C)(C)C)c1OC. The van der Waals surface area contributed by atoms with E-state index >= 15 is 0 Å². The van der Waals surface area contributed by atoms with Crippen LogP contribution in [0, 0.1) is 0 Å². The van der Waals surface area contributed by atoms with E-state index < -0.39 is 0 Å². The summed E-state index contributed by atoms with van der Waals surface area (Å²) < 4.78 is 14.5. The van der Waals surface area contributed by atoms with Crippen molar-refractivity contribution in [2.24, 2.45) is 0 Å². The van der Waals surface area contributed by atoms with Crippen molar-refractivity contribution >= 4 is 21.8 Å². The Morgan fingerprint density at radius 1 is 0.622 bits per heavy atom. The van der Waals surface area contributed by atoms with Crippen LogP contribution in [0.3, 0.4) is 0 Å². The molecule has 0 saturated heterocycles. The molecule has 0 unspecified atom stereocenters. The fourth-order valence-electron chi connectivity index (χ4n) is 5.60. The van der Waals surface area contributed by atoms with Crippen LogP contribution in [0.4, 0.5) is 0 Å². The summed E-state index contributed by atoms with van der Waals surface area (Å²) in [5, 5.41) is 2.34. The third-order valence-corrected chi connectivity index (χ3v) is 7.26. The summed E-state index contributed by atoms with van der Waals surface area (Å²) in [7, 11) is 3.46. The van der Waals surface area contributed by atoms with Crippen molar-refractivity contribution in [2.75, 3.05) is 14.2 Å². The Balaban J connectivity index is 2.09. The first-order valence-electron chi connectivity index (χ1n) is 13.0. The fourth-order valence-corrected chi connectivity index (χ4v) is 5.60. The molecule has 3 nitrogen and oxygen atoms in total. The number of nitrogens with zero attached hydrogens (tertiary/aromatic N) is 1. The molecule has 190 valence electrons. The second-order valence-electron chi connectivity index (χ2n) is 11.8. The van der Waals surface area contributed by atoms with E-state index in [9.17, 15) is 0 Å². The first kappa shape index (κ1) is 25.0. The van der Waals surface area contributed by atoms with E-state index in [0.29, 0.717) is 0 Å². The molecule has 0 N–H and O–H groups in total. The molecule has 0 radical (unpaired) electrons. The summed E-state index contributed by atoms with van der Waals surface area (Å²) in [6.45, 7) is 13.6. The van der Waals surface area contributed by atoms with Gasteiger partial charge >= 0.3 is 0 Å². The van der Waals surface area contributed by atoms with Gasteiger partial charge in [0.2, 0.25) is 0 Å². The number of methoxy groups -OCH3 is 2. The Labute approximate surface area is 220 Å². The molecule has 1 aromatic heterocycles. The van der Waals surface area contributed by atoms with Gasteiger partial charge in [0.05, 0.1) is 30.8 Å². The molecule has 0 bridgehead atoms. The lowest BCUT2D eigenvalue weighted by molar-refractivity contribution is 0.357. The normalized spacial score (nSPS) is 12.3. The number of para-hydroxylation sites is 2. The highest BCUT2D eigenvalue weighted by atomic mass is 16.5. The quantitative estimate of drug-likeness (QED) is 0.250. The maximum absolute atomic E-state index is 6.14. The summed E-state index contributed by atoms with van der Waals surface area (Å²) in [6, 6.07) is 28.2. The van der Waals surface area contributed by atoms with Crippen LogP contribution in [0.5, 0.6) is 11.5 Å². The van der Waals surface area contributed by atoms with E-state index in [4.69, 9.17) is 9.47 Å². The van der Waals surface area contributed by atoms with E-state index in [2.05, 4.69) is 125 Å². The van der Waals surface area contributed by atoms with Crippen LogP contribution in [-0.2, 0) is 10.8 Å². The topological polar surface area (TPSA) is 23.4 Å². The van der Waals surface area contributed by atoms with Gasteiger partial charge in [-0.2, -0.15) is 0 Å². The monoisotopic (exact) mass is 491 g/mol. The van der Waals surface area contributed by atoms with Gasteiger partial charge in [-0.1, -0.05) is 102 Å². The van der Waals surface area contributed by atoms with E-state index in [1.165, 1.54) is 27.7 Å². The average Bonchev–Trinajstić information content (AvgIpc) is 3.20. The third kappa shape index (κ3) is 4.07. The van der Waals surface area contributed by atoms with Crippen molar-refractivity contribution < 1.29 is 9.47 Å². The number of aromatic nitrogens is 1. The molecule has 5 rings (SSSR count). The first-order valence-corrected chi connectivity index (χ1v) is 13.0. The Bertz CT molecular complexity index is 1610. The van der Waals surface area contributed by atoms with Crippen molar-refractivity contribution in [2.45, 2.75) is 52.4 Å². The lowest BCUT2D eigenvalue weighted by atomic mass is 9.81. The molecule has 0 amide bonds. The molecule has 0 spiro atoms. The lowest BCUT2D eigenvalue weighted by Gasteiger charge is -2.27. The second-order valence-corrected chi connectivity index (χ2v) is 11.8. The summed E-state index contributed by atoms with van der Waals surface area (Å²) >= 11 is 0. The highest BCUT2D eigenvalue weighted by Crippen LogP contribution is 2.50. The summed E-state index contributed by atoms with van der Waals surface area (Å²) in [4.78, 5) is 0. The van der Waals surface area contributed by atoms with E-state index in [0.717, 1.165) is 33.5 Å². The Morgan fingerprint density at radius 2 is 1.22 bits per heavy atom. The maximum atomic E-state index is 6.14. The van der Waals surface area contributed by atoms with Gasteiger partial charge in [-0.05, 0) is 45.7 Å². The van der Waals surface area contributed by atoms with Crippen molar-refractivity contribution in [3.63, 3.8) is 0 Å². The zero-order chi connectivity index (χ0) is 26.5. The van der Waals surface area contributed by atoms with Gasteiger partial charge in [-0.15, -0.1) is 0 Å². The van der Waals surface area contributed by atoms with Crippen LogP contribution in [0.2, 0.25) is 0 Å². The number of rotatable bonds is 4. The molecule has 3 heteroatoms. The summed E-state index contributed by atoms with van der Waals surface area (Å²) in [6.07, 6.45) is 0. The molecular formula is C34H37NO2. The molecule has 0 aliphatic carbocycles. The predicted octanol–water partition coefficient (Wildman–Crippen LogP) is 9.06. The predicted molar refractivity (Wildman–Crippen MR) is 157 cm³/mol. The Morgan fingerprint density at radius 3 is 1.86 bits per heavy atom. The second kappa shape index (κ2) is 8.99. The average molecular weight is 492 g/mol. The van der Waals surface area contributed by atoms with Crippen molar-refractivity contribution in [1.29, 1.82) is 0 Å². The molecule has 0 fully saturated rings. The molecule has 5 aromatic rings. The van der Waals surface area contributed by atoms with Gasteiger partial charge in [0, 0.05) is 16.5 Å². The highest BCUT2D eigenvalue weighted by Gasteiger charge is 2.29. The van der Waals surface area contributed by atoms with Gasteiger partial charge in [0.25, 0.3) is 0 Å². The zero-order valence-corrected chi connectivity index (χ0v) is 23.3. The molecule has 0 atom stereocenters. The van der Waals surface area contributed by atoms with Crippen molar-refractivity contribution in [3.05, 3.63) is 90.0 Å². The standard InChI is InChI=1S/C34H37NO2/c1-33(2,3)25-17-11-9-16-23(25)30-31-24(21-29(36-7)32(30)37-8)22-15-10-13-19-27(22)35(31)28-20-14-12-18-26(28)34(4,5)6/h9-21H,1-8H3. The van der Waals surface area contributed by atoms with Gasteiger partial charge in [-0.3, -0.25) is 0 Å². The lowest BCUT2D eigenvalue weighted by Crippen LogP contribution is -2.15. The molecule has 4 aromatic carbocycles. The van der Waals surface area contributed by atoms with Crippen LogP contribution in [-0.4, -0.2) is 18.8 Å². The van der Waals surface area contributed by atoms with Crippen LogP contribution in [0.25, 0.3) is 38.6 Å². The number of hydrogen-bond acceptors (Lipinski definition) is 2. The van der Waals surface area contributed by atoms with Crippen molar-refractivity contribution in [3.8, 4) is 28.3 Å². The number of hydrogen-bond donors (Lipinski definition) is 0. The van der Waals surface area contributed by atoms with Crippen LogP contribution >= 0.6 is 0 Å². The van der Waals surface area contributed by atoms with E-state index in [-0.39, 0.29) is 10.8 Å². The minimum atomic E-state index is -0.0584. The van der Waals surface area contributed by atoms with Gasteiger partial charge in [0.1, 0.15) is 0 Å². The first-order chi connectivity index (χ1) is 17.6. The van der Waals surface area contributed by atoms with Crippen LogP contribution in [0.15, 0.2) is 78.9 Å². The summed E-state index contributed by atoms with van der Waals surface area (Å²) in [5.74, 6) is 1.49. The minimum Gasteiger partial charge on any atom is -0.493 e. The minimum absolute atomic E-state index is 0.0334. The third-order valence-electron chi connectivity index (χ3n) is 7.26. The largest absolute Gasteiger partial charge is 0.493 e. The number of benzene rings is 4. The zero-order valence-electron chi connectivity index (χ0n) is 23.3.